The second-order valence-electron chi connectivity index (χ2n) is 7.33. The molecule has 0 aliphatic carbocycles. The van der Waals surface area contributed by atoms with E-state index in [4.69, 9.17) is 4.43 Å². The quantitative estimate of drug-likeness (QED) is 0.465. The van der Waals surface area contributed by atoms with Gasteiger partial charge in [-0.25, -0.2) is 4.79 Å². The lowest BCUT2D eigenvalue weighted by molar-refractivity contribution is -0.134. The SMILES string of the molecule is COC(=O)C=C[C@H](O[Si](C)(C)C(C)(C)C)C(C)(C)CO. The summed E-state index contributed by atoms with van der Waals surface area (Å²) in [5, 5.41) is 9.64. The van der Waals surface area contributed by atoms with Crippen molar-refractivity contribution in [1.82, 2.24) is 0 Å². The molecule has 0 spiro atoms. The molecule has 20 heavy (non-hydrogen) atoms. The second-order valence-corrected chi connectivity index (χ2v) is 12.1. The van der Waals surface area contributed by atoms with Crippen LogP contribution in [0.15, 0.2) is 12.2 Å². The number of aliphatic hydroxyl groups excluding tert-OH is 1. The van der Waals surface area contributed by atoms with Crippen molar-refractivity contribution in [3.05, 3.63) is 12.2 Å². The van der Waals surface area contributed by atoms with Crippen LogP contribution in [0.5, 0.6) is 0 Å². The molecule has 0 rings (SSSR count). The van der Waals surface area contributed by atoms with Gasteiger partial charge in [-0.05, 0) is 24.2 Å². The van der Waals surface area contributed by atoms with Gasteiger partial charge in [-0.3, -0.25) is 0 Å². The average Bonchev–Trinajstić information content (AvgIpc) is 2.32. The number of hydrogen-bond donors (Lipinski definition) is 1. The Morgan fingerprint density at radius 1 is 1.25 bits per heavy atom. The number of rotatable bonds is 6. The minimum absolute atomic E-state index is 0.0161. The average molecular weight is 302 g/mol. The smallest absolute Gasteiger partial charge is 0.330 e. The Hall–Kier alpha value is -0.653. The molecule has 0 radical (unpaired) electrons. The molecule has 1 N–H and O–H groups in total. The summed E-state index contributed by atoms with van der Waals surface area (Å²) in [7, 11) is -0.650. The first-order chi connectivity index (χ1) is 8.87. The third-order valence-electron chi connectivity index (χ3n) is 4.01. The molecule has 0 aromatic carbocycles. The van der Waals surface area contributed by atoms with Gasteiger partial charge in [0.1, 0.15) is 0 Å². The third-order valence-corrected chi connectivity index (χ3v) is 8.47. The van der Waals surface area contributed by atoms with E-state index < -0.39 is 19.7 Å². The first kappa shape index (κ1) is 19.3. The third kappa shape index (κ3) is 5.38. The number of esters is 1. The summed E-state index contributed by atoms with van der Waals surface area (Å²) < 4.78 is 10.9. The zero-order chi connectivity index (χ0) is 16.2. The van der Waals surface area contributed by atoms with E-state index in [-0.39, 0.29) is 17.7 Å². The van der Waals surface area contributed by atoms with Crippen molar-refractivity contribution < 1.29 is 19.1 Å². The van der Waals surface area contributed by atoms with Gasteiger partial charge in [0.15, 0.2) is 8.32 Å². The maximum absolute atomic E-state index is 11.3. The van der Waals surface area contributed by atoms with Crippen LogP contribution in [0.25, 0.3) is 0 Å². The van der Waals surface area contributed by atoms with Crippen LogP contribution >= 0.6 is 0 Å². The van der Waals surface area contributed by atoms with Crippen molar-refractivity contribution >= 4 is 14.3 Å². The van der Waals surface area contributed by atoms with Crippen molar-refractivity contribution in [3.8, 4) is 0 Å². The van der Waals surface area contributed by atoms with Gasteiger partial charge in [0.2, 0.25) is 0 Å². The van der Waals surface area contributed by atoms with E-state index in [1.807, 2.05) is 13.8 Å². The van der Waals surface area contributed by atoms with E-state index in [1.165, 1.54) is 13.2 Å². The highest BCUT2D eigenvalue weighted by Crippen LogP contribution is 2.39. The number of carbonyl (C=O) groups excluding carboxylic acids is 1. The van der Waals surface area contributed by atoms with Crippen LogP contribution in [-0.2, 0) is 14.0 Å². The van der Waals surface area contributed by atoms with Gasteiger partial charge in [0.05, 0.1) is 19.8 Å². The molecule has 0 heterocycles. The molecule has 0 saturated heterocycles. The van der Waals surface area contributed by atoms with Gasteiger partial charge in [0, 0.05) is 11.5 Å². The zero-order valence-corrected chi connectivity index (χ0v) is 15.1. The van der Waals surface area contributed by atoms with Gasteiger partial charge < -0.3 is 14.3 Å². The lowest BCUT2D eigenvalue weighted by Crippen LogP contribution is -2.48. The Labute approximate surface area is 124 Å². The largest absolute Gasteiger partial charge is 0.466 e. The predicted molar refractivity (Wildman–Crippen MR) is 84.1 cm³/mol. The number of carbonyl (C=O) groups is 1. The van der Waals surface area contributed by atoms with Crippen molar-refractivity contribution in [2.45, 2.75) is 58.9 Å². The lowest BCUT2D eigenvalue weighted by atomic mass is 9.87. The fraction of sp³-hybridized carbons (Fsp3) is 0.800. The number of ether oxygens (including phenoxy) is 1. The molecule has 0 aromatic rings. The van der Waals surface area contributed by atoms with Crippen LogP contribution in [0, 0.1) is 5.41 Å². The second kappa shape index (κ2) is 6.87. The summed E-state index contributed by atoms with van der Waals surface area (Å²) in [6.07, 6.45) is 2.74. The predicted octanol–water partition coefficient (Wildman–Crippen LogP) is 3.12. The van der Waals surface area contributed by atoms with Crippen molar-refractivity contribution in [2.24, 2.45) is 5.41 Å². The van der Waals surface area contributed by atoms with Crippen LogP contribution in [0.4, 0.5) is 0 Å². The Kier molecular flexibility index (Phi) is 6.65. The lowest BCUT2D eigenvalue weighted by Gasteiger charge is -2.42. The van der Waals surface area contributed by atoms with Gasteiger partial charge >= 0.3 is 5.97 Å². The van der Waals surface area contributed by atoms with Gasteiger partial charge in [-0.15, -0.1) is 0 Å². The van der Waals surface area contributed by atoms with Crippen molar-refractivity contribution in [3.63, 3.8) is 0 Å². The molecular weight excluding hydrogens is 272 g/mol. The minimum Gasteiger partial charge on any atom is -0.466 e. The Morgan fingerprint density at radius 3 is 2.10 bits per heavy atom. The van der Waals surface area contributed by atoms with Gasteiger partial charge in [-0.1, -0.05) is 34.6 Å². The minimum atomic E-state index is -1.99. The maximum atomic E-state index is 11.3. The molecule has 5 heteroatoms. The van der Waals surface area contributed by atoms with E-state index in [0.717, 1.165) is 0 Å². The van der Waals surface area contributed by atoms with E-state index in [9.17, 15) is 9.90 Å². The molecule has 0 amide bonds. The Balaban J connectivity index is 5.26. The monoisotopic (exact) mass is 302 g/mol. The van der Waals surface area contributed by atoms with Crippen LogP contribution < -0.4 is 0 Å². The summed E-state index contributed by atoms with van der Waals surface area (Å²) in [5.41, 5.74) is -0.458. The summed E-state index contributed by atoms with van der Waals surface area (Å²) in [6, 6.07) is 0. The molecule has 0 bridgehead atoms. The van der Waals surface area contributed by atoms with E-state index in [2.05, 4.69) is 38.6 Å². The zero-order valence-electron chi connectivity index (χ0n) is 14.1. The number of methoxy groups -OCH3 is 1. The standard InChI is InChI=1S/C15H30O4Si/c1-14(2,3)20(7,8)19-12(15(4,5)11-16)9-10-13(17)18-6/h9-10,12,16H,11H2,1-8H3/t12-/m0/s1. The highest BCUT2D eigenvalue weighted by Gasteiger charge is 2.41. The summed E-state index contributed by atoms with van der Waals surface area (Å²) in [4.78, 5) is 11.3. The summed E-state index contributed by atoms with van der Waals surface area (Å²) in [6.45, 7) is 14.6. The topological polar surface area (TPSA) is 55.8 Å². The maximum Gasteiger partial charge on any atom is 0.330 e. The van der Waals surface area contributed by atoms with E-state index >= 15 is 0 Å². The van der Waals surface area contributed by atoms with E-state index in [1.54, 1.807) is 6.08 Å². The fourth-order valence-electron chi connectivity index (χ4n) is 1.28. The van der Waals surface area contributed by atoms with Crippen LogP contribution in [-0.4, -0.2) is 39.2 Å². The molecule has 0 unspecified atom stereocenters. The Bertz CT molecular complexity index is 353. The van der Waals surface area contributed by atoms with Crippen molar-refractivity contribution in [2.75, 3.05) is 13.7 Å². The molecule has 4 nitrogen and oxygen atoms in total. The molecule has 0 fully saturated rings. The molecule has 118 valence electrons. The van der Waals surface area contributed by atoms with Crippen LogP contribution in [0.2, 0.25) is 18.1 Å². The Morgan fingerprint density at radius 2 is 1.75 bits per heavy atom. The molecule has 0 aliphatic heterocycles. The van der Waals surface area contributed by atoms with Crippen molar-refractivity contribution in [1.29, 1.82) is 0 Å². The number of hydrogen-bond acceptors (Lipinski definition) is 4. The normalized spacial score (nSPS) is 15.4. The molecule has 0 aromatic heterocycles. The highest BCUT2D eigenvalue weighted by molar-refractivity contribution is 6.74. The van der Waals surface area contributed by atoms with Gasteiger partial charge in [-0.2, -0.15) is 0 Å². The van der Waals surface area contributed by atoms with Crippen LogP contribution in [0.1, 0.15) is 34.6 Å². The fourth-order valence-corrected chi connectivity index (χ4v) is 2.66. The molecule has 0 saturated carbocycles. The van der Waals surface area contributed by atoms with Gasteiger partial charge in [0.25, 0.3) is 0 Å². The first-order valence-electron chi connectivity index (χ1n) is 6.92. The molecular formula is C15H30O4Si. The first-order valence-corrected chi connectivity index (χ1v) is 9.83. The summed E-state index contributed by atoms with van der Waals surface area (Å²) >= 11 is 0. The van der Waals surface area contributed by atoms with E-state index in [0.29, 0.717) is 0 Å². The highest BCUT2D eigenvalue weighted by atomic mass is 28.4. The van der Waals surface area contributed by atoms with Crippen LogP contribution in [0.3, 0.4) is 0 Å². The summed E-state index contributed by atoms with van der Waals surface area (Å²) in [5.74, 6) is -0.414. The molecule has 0 aliphatic rings. The number of aliphatic hydroxyl groups is 1. The molecule has 1 atom stereocenters.